The largest absolute Gasteiger partial charge is 0.393 e. The maximum Gasteiger partial charge on any atom is 0.170 e. The van der Waals surface area contributed by atoms with Crippen LogP contribution in [0.25, 0.3) is 0 Å². The summed E-state index contributed by atoms with van der Waals surface area (Å²) in [5.74, 6) is -1.92. The standard InChI is InChI=1S/C22H29FO7/c1-11(12(2)24)22-19(30-22)9-18-21(28)20(27)14(10-29-18)7-16(25)8-17(26)13-3-5-15(23)6-4-13/h3-6,11-12,14,18-22,24,27-28H,7-10H2,1-2H3/t11-,12-,14-,18-,19-,20+,21-,22-/m0/s1. The number of benzene rings is 1. The molecule has 0 spiro atoms. The van der Waals surface area contributed by atoms with E-state index in [0.29, 0.717) is 6.42 Å². The summed E-state index contributed by atoms with van der Waals surface area (Å²) in [6, 6.07) is 4.96. The van der Waals surface area contributed by atoms with E-state index in [0.717, 1.165) is 12.1 Å². The van der Waals surface area contributed by atoms with E-state index >= 15 is 0 Å². The summed E-state index contributed by atoms with van der Waals surface area (Å²) in [6.45, 7) is 3.67. The highest BCUT2D eigenvalue weighted by Gasteiger charge is 2.48. The fourth-order valence-electron chi connectivity index (χ4n) is 3.92. The Kier molecular flexibility index (Phi) is 7.36. The van der Waals surface area contributed by atoms with E-state index in [2.05, 4.69) is 0 Å². The van der Waals surface area contributed by atoms with Gasteiger partial charge in [-0.15, -0.1) is 0 Å². The number of hydrogen-bond donors (Lipinski definition) is 3. The lowest BCUT2D eigenvalue weighted by Crippen LogP contribution is -2.51. The third-order valence-corrected chi connectivity index (χ3v) is 6.12. The predicted octanol–water partition coefficient (Wildman–Crippen LogP) is 1.27. The summed E-state index contributed by atoms with van der Waals surface area (Å²) in [6.07, 6.45) is -3.76. The zero-order valence-electron chi connectivity index (χ0n) is 17.1. The van der Waals surface area contributed by atoms with E-state index in [-0.39, 0.29) is 48.9 Å². The van der Waals surface area contributed by atoms with Gasteiger partial charge in [-0.2, -0.15) is 0 Å². The molecule has 3 N–H and O–H groups in total. The molecule has 2 saturated heterocycles. The van der Waals surface area contributed by atoms with Gasteiger partial charge in [0.15, 0.2) is 5.78 Å². The minimum atomic E-state index is -1.17. The molecular weight excluding hydrogens is 395 g/mol. The van der Waals surface area contributed by atoms with Crippen LogP contribution in [0.3, 0.4) is 0 Å². The Hall–Kier alpha value is -1.71. The summed E-state index contributed by atoms with van der Waals surface area (Å²) in [5.41, 5.74) is 0.246. The van der Waals surface area contributed by atoms with Crippen LogP contribution in [-0.2, 0) is 14.3 Å². The second-order valence-corrected chi connectivity index (χ2v) is 8.44. The molecule has 166 valence electrons. The molecule has 0 saturated carbocycles. The van der Waals surface area contributed by atoms with Crippen molar-refractivity contribution in [1.82, 2.24) is 0 Å². The van der Waals surface area contributed by atoms with Crippen LogP contribution in [0.5, 0.6) is 0 Å². The van der Waals surface area contributed by atoms with Gasteiger partial charge in [0.25, 0.3) is 0 Å². The monoisotopic (exact) mass is 424 g/mol. The van der Waals surface area contributed by atoms with Crippen LogP contribution in [0.2, 0.25) is 0 Å². The van der Waals surface area contributed by atoms with Gasteiger partial charge in [-0.25, -0.2) is 4.39 Å². The van der Waals surface area contributed by atoms with Crippen molar-refractivity contribution in [3.05, 3.63) is 35.6 Å². The zero-order chi connectivity index (χ0) is 22.0. The van der Waals surface area contributed by atoms with Crippen molar-refractivity contribution in [3.63, 3.8) is 0 Å². The van der Waals surface area contributed by atoms with E-state index in [1.165, 1.54) is 12.1 Å². The maximum atomic E-state index is 12.9. The number of carbonyl (C=O) groups excluding carboxylic acids is 2. The Morgan fingerprint density at radius 2 is 1.80 bits per heavy atom. The molecular formula is C22H29FO7. The lowest BCUT2D eigenvalue weighted by atomic mass is 9.85. The maximum absolute atomic E-state index is 12.9. The number of ether oxygens (including phenoxy) is 2. The molecule has 2 heterocycles. The summed E-state index contributed by atoms with van der Waals surface area (Å²) >= 11 is 0. The van der Waals surface area contributed by atoms with Crippen LogP contribution in [-0.4, -0.2) is 70.1 Å². The summed E-state index contributed by atoms with van der Waals surface area (Å²) < 4.78 is 24.2. The molecule has 1 aromatic carbocycles. The smallest absolute Gasteiger partial charge is 0.170 e. The SMILES string of the molecule is C[C@H]([C@@H]1O[C@H]1C[C@@H]1OC[C@H](CC(=O)CC(=O)c2ccc(F)cc2)[C@@H](O)[C@H]1O)[C@H](C)O. The molecule has 8 heteroatoms. The van der Waals surface area contributed by atoms with Gasteiger partial charge in [0.05, 0.1) is 43.5 Å². The van der Waals surface area contributed by atoms with Gasteiger partial charge in [-0.05, 0) is 31.2 Å². The van der Waals surface area contributed by atoms with Crippen LogP contribution in [0.1, 0.15) is 43.5 Å². The average Bonchev–Trinajstić information content (AvgIpc) is 3.46. The Morgan fingerprint density at radius 3 is 2.43 bits per heavy atom. The molecule has 0 unspecified atom stereocenters. The van der Waals surface area contributed by atoms with Gasteiger partial charge >= 0.3 is 0 Å². The molecule has 7 nitrogen and oxygen atoms in total. The number of rotatable bonds is 9. The Labute approximate surface area is 174 Å². The van der Waals surface area contributed by atoms with E-state index in [9.17, 15) is 29.3 Å². The Bertz CT molecular complexity index is 750. The zero-order valence-corrected chi connectivity index (χ0v) is 17.1. The van der Waals surface area contributed by atoms with Crippen molar-refractivity contribution in [2.24, 2.45) is 11.8 Å². The van der Waals surface area contributed by atoms with Gasteiger partial charge < -0.3 is 24.8 Å². The van der Waals surface area contributed by atoms with Crippen LogP contribution in [0.15, 0.2) is 24.3 Å². The van der Waals surface area contributed by atoms with Crippen molar-refractivity contribution in [2.75, 3.05) is 6.61 Å². The van der Waals surface area contributed by atoms with Gasteiger partial charge in [-0.1, -0.05) is 6.92 Å². The lowest BCUT2D eigenvalue weighted by Gasteiger charge is -2.37. The molecule has 0 amide bonds. The summed E-state index contributed by atoms with van der Waals surface area (Å²) in [7, 11) is 0. The topological polar surface area (TPSA) is 117 Å². The molecule has 0 radical (unpaired) electrons. The molecule has 2 aliphatic rings. The number of aliphatic hydroxyl groups excluding tert-OH is 3. The van der Waals surface area contributed by atoms with E-state index < -0.39 is 41.9 Å². The van der Waals surface area contributed by atoms with E-state index in [1.54, 1.807) is 6.92 Å². The Balaban J connectivity index is 1.47. The quantitative estimate of drug-likeness (QED) is 0.310. The second kappa shape index (κ2) is 9.62. The number of aliphatic hydroxyl groups is 3. The first-order chi connectivity index (χ1) is 14.2. The number of carbonyl (C=O) groups is 2. The van der Waals surface area contributed by atoms with Crippen LogP contribution in [0.4, 0.5) is 4.39 Å². The van der Waals surface area contributed by atoms with Crippen molar-refractivity contribution in [1.29, 1.82) is 0 Å². The average molecular weight is 424 g/mol. The van der Waals surface area contributed by atoms with Crippen LogP contribution >= 0.6 is 0 Å². The lowest BCUT2D eigenvalue weighted by molar-refractivity contribution is -0.170. The van der Waals surface area contributed by atoms with Crippen LogP contribution < -0.4 is 0 Å². The molecule has 8 atom stereocenters. The predicted molar refractivity (Wildman–Crippen MR) is 104 cm³/mol. The van der Waals surface area contributed by atoms with E-state index in [1.807, 2.05) is 6.92 Å². The summed E-state index contributed by atoms with van der Waals surface area (Å²) in [4.78, 5) is 24.4. The molecule has 1 aromatic rings. The van der Waals surface area contributed by atoms with Crippen molar-refractivity contribution in [3.8, 4) is 0 Å². The van der Waals surface area contributed by atoms with Crippen molar-refractivity contribution < 1.29 is 38.8 Å². The highest BCUT2D eigenvalue weighted by molar-refractivity contribution is 6.07. The third-order valence-electron chi connectivity index (χ3n) is 6.12. The number of hydrogen-bond acceptors (Lipinski definition) is 7. The normalized spacial score (nSPS) is 33.0. The molecule has 0 aromatic heterocycles. The first kappa shape index (κ1) is 23.0. The number of halogens is 1. The first-order valence-electron chi connectivity index (χ1n) is 10.3. The highest BCUT2D eigenvalue weighted by atomic mass is 19.1. The fraction of sp³-hybridized carbons (Fsp3) is 0.636. The molecule has 30 heavy (non-hydrogen) atoms. The van der Waals surface area contributed by atoms with Gasteiger partial charge in [0.1, 0.15) is 17.7 Å². The molecule has 2 fully saturated rings. The van der Waals surface area contributed by atoms with Crippen LogP contribution in [0, 0.1) is 17.7 Å². The minimum absolute atomic E-state index is 0.0373. The first-order valence-corrected chi connectivity index (χ1v) is 10.3. The van der Waals surface area contributed by atoms with Gasteiger partial charge in [-0.3, -0.25) is 9.59 Å². The van der Waals surface area contributed by atoms with Crippen molar-refractivity contribution in [2.45, 2.75) is 69.7 Å². The fourth-order valence-corrected chi connectivity index (χ4v) is 3.92. The third kappa shape index (κ3) is 5.50. The molecule has 3 rings (SSSR count). The van der Waals surface area contributed by atoms with Crippen molar-refractivity contribution >= 4 is 11.6 Å². The highest BCUT2D eigenvalue weighted by Crippen LogP contribution is 2.37. The van der Waals surface area contributed by atoms with E-state index in [4.69, 9.17) is 9.47 Å². The van der Waals surface area contributed by atoms with Gasteiger partial charge in [0.2, 0.25) is 0 Å². The number of epoxide rings is 1. The number of Topliss-reactive ketones (excluding diaryl/α,β-unsaturated/α-hetero) is 2. The molecule has 0 aliphatic carbocycles. The summed E-state index contributed by atoms with van der Waals surface area (Å²) in [5, 5.41) is 30.5. The molecule has 0 bridgehead atoms. The Morgan fingerprint density at radius 1 is 1.13 bits per heavy atom. The van der Waals surface area contributed by atoms with Gasteiger partial charge in [0, 0.05) is 30.2 Å². The molecule has 2 aliphatic heterocycles. The number of ketones is 2. The minimum Gasteiger partial charge on any atom is -0.393 e. The second-order valence-electron chi connectivity index (χ2n) is 8.44.